The van der Waals surface area contributed by atoms with Gasteiger partial charge < -0.3 is 10.3 Å². The van der Waals surface area contributed by atoms with Crippen molar-refractivity contribution in [3.8, 4) is 0 Å². The van der Waals surface area contributed by atoms with E-state index in [1.165, 1.54) is 5.56 Å². The molecule has 110 valence electrons. The Morgan fingerprint density at radius 2 is 1.90 bits per heavy atom. The number of nitrogens with one attached hydrogen (secondary N) is 2. The molecule has 2 aromatic rings. The van der Waals surface area contributed by atoms with Crippen molar-refractivity contribution in [1.82, 2.24) is 4.98 Å². The first-order chi connectivity index (χ1) is 10.1. The van der Waals surface area contributed by atoms with Crippen LogP contribution in [0.25, 0.3) is 10.9 Å². The Bertz CT molecular complexity index is 759. The highest BCUT2D eigenvalue weighted by atomic mass is 16.1. The minimum absolute atomic E-state index is 0.0181. The smallest absolute Gasteiger partial charge is 0.251 e. The van der Waals surface area contributed by atoms with Gasteiger partial charge in [0, 0.05) is 22.6 Å². The molecule has 1 aromatic carbocycles. The number of fused-ring (bicyclic) bond motifs is 3. The van der Waals surface area contributed by atoms with Crippen molar-refractivity contribution in [2.45, 2.75) is 39.5 Å². The highest BCUT2D eigenvalue weighted by Gasteiger charge is 2.16. The quantitative estimate of drug-likeness (QED) is 0.890. The number of aryl methyl sites for hydroxylation is 1. The minimum atomic E-state index is -0.0664. The van der Waals surface area contributed by atoms with Crippen molar-refractivity contribution in [2.75, 3.05) is 5.32 Å². The van der Waals surface area contributed by atoms with Gasteiger partial charge in [0.15, 0.2) is 0 Å². The molecule has 4 heteroatoms. The topological polar surface area (TPSA) is 62.0 Å². The summed E-state index contributed by atoms with van der Waals surface area (Å²) in [6, 6.07) is 5.77. The lowest BCUT2D eigenvalue weighted by Crippen LogP contribution is -2.20. The molecule has 0 saturated carbocycles. The van der Waals surface area contributed by atoms with Gasteiger partial charge in [-0.25, -0.2) is 0 Å². The zero-order chi connectivity index (χ0) is 15.0. The summed E-state index contributed by atoms with van der Waals surface area (Å²) in [7, 11) is 0. The van der Waals surface area contributed by atoms with E-state index in [0.717, 1.165) is 47.8 Å². The molecule has 0 unspecified atom stereocenters. The van der Waals surface area contributed by atoms with Crippen LogP contribution in [0.5, 0.6) is 0 Å². The summed E-state index contributed by atoms with van der Waals surface area (Å²) in [6.07, 6.45) is 4.06. The van der Waals surface area contributed by atoms with Crippen molar-refractivity contribution in [3.05, 3.63) is 39.7 Å². The molecule has 21 heavy (non-hydrogen) atoms. The van der Waals surface area contributed by atoms with E-state index in [2.05, 4.69) is 10.3 Å². The van der Waals surface area contributed by atoms with Crippen LogP contribution in [0.3, 0.4) is 0 Å². The molecule has 1 aliphatic carbocycles. The van der Waals surface area contributed by atoms with E-state index in [9.17, 15) is 9.59 Å². The largest absolute Gasteiger partial charge is 0.326 e. The average molecular weight is 284 g/mol. The fourth-order valence-electron chi connectivity index (χ4n) is 2.93. The van der Waals surface area contributed by atoms with Crippen LogP contribution >= 0.6 is 0 Å². The summed E-state index contributed by atoms with van der Waals surface area (Å²) in [6.45, 7) is 3.71. The first-order valence-electron chi connectivity index (χ1n) is 7.55. The fraction of sp³-hybridized carbons (Fsp3) is 0.412. The molecule has 0 fully saturated rings. The van der Waals surface area contributed by atoms with E-state index in [-0.39, 0.29) is 17.4 Å². The number of hydrogen-bond donors (Lipinski definition) is 2. The maximum Gasteiger partial charge on any atom is 0.251 e. The number of hydrogen-bond acceptors (Lipinski definition) is 2. The van der Waals surface area contributed by atoms with Crippen LogP contribution in [0, 0.1) is 5.92 Å². The standard InChI is InChI=1S/C17H20N2O2/c1-10(2)16(20)18-11-7-8-13-12-5-3-4-6-14(12)17(21)19-15(13)9-11/h7-10H,3-6H2,1-2H3,(H,18,20)(H,19,21). The predicted molar refractivity (Wildman–Crippen MR) is 84.7 cm³/mol. The maximum atomic E-state index is 12.2. The van der Waals surface area contributed by atoms with Crippen LogP contribution in [0.2, 0.25) is 0 Å². The average Bonchev–Trinajstić information content (AvgIpc) is 2.47. The zero-order valence-electron chi connectivity index (χ0n) is 12.5. The summed E-state index contributed by atoms with van der Waals surface area (Å²) in [5.41, 5.74) is 3.67. The van der Waals surface area contributed by atoms with Crippen LogP contribution in [0.1, 0.15) is 37.8 Å². The van der Waals surface area contributed by atoms with E-state index in [4.69, 9.17) is 0 Å². The van der Waals surface area contributed by atoms with Gasteiger partial charge >= 0.3 is 0 Å². The number of aromatic amines is 1. The summed E-state index contributed by atoms with van der Waals surface area (Å²) in [5.74, 6) is -0.0852. The molecule has 0 atom stereocenters. The zero-order valence-corrected chi connectivity index (χ0v) is 12.5. The van der Waals surface area contributed by atoms with Gasteiger partial charge in [-0.2, -0.15) is 0 Å². The van der Waals surface area contributed by atoms with Crippen LogP contribution in [-0.2, 0) is 17.6 Å². The molecule has 0 spiro atoms. The maximum absolute atomic E-state index is 12.2. The summed E-state index contributed by atoms with van der Waals surface area (Å²) < 4.78 is 0. The molecular weight excluding hydrogens is 264 g/mol. The SMILES string of the molecule is CC(C)C(=O)Nc1ccc2c3c(c(=O)[nH]c2c1)CCCC3. The molecule has 0 radical (unpaired) electrons. The highest BCUT2D eigenvalue weighted by Crippen LogP contribution is 2.27. The molecule has 1 aromatic heterocycles. The second-order valence-corrected chi connectivity index (χ2v) is 6.02. The lowest BCUT2D eigenvalue weighted by molar-refractivity contribution is -0.118. The van der Waals surface area contributed by atoms with Crippen LogP contribution < -0.4 is 10.9 Å². The first kappa shape index (κ1) is 13.9. The van der Waals surface area contributed by atoms with Crippen molar-refractivity contribution < 1.29 is 4.79 Å². The third kappa shape index (κ3) is 2.58. The van der Waals surface area contributed by atoms with Crippen LogP contribution in [-0.4, -0.2) is 10.9 Å². The number of carbonyl (C=O) groups excluding carboxylic acids is 1. The number of aromatic nitrogens is 1. The highest BCUT2D eigenvalue weighted by molar-refractivity contribution is 5.95. The second-order valence-electron chi connectivity index (χ2n) is 6.02. The monoisotopic (exact) mass is 284 g/mol. The van der Waals surface area contributed by atoms with E-state index < -0.39 is 0 Å². The molecule has 1 amide bonds. The molecule has 4 nitrogen and oxygen atoms in total. The first-order valence-corrected chi connectivity index (χ1v) is 7.55. The fourth-order valence-corrected chi connectivity index (χ4v) is 2.93. The van der Waals surface area contributed by atoms with E-state index in [0.29, 0.717) is 0 Å². The number of benzene rings is 1. The van der Waals surface area contributed by atoms with Gasteiger partial charge in [-0.05, 0) is 43.4 Å². The normalized spacial score (nSPS) is 14.2. The van der Waals surface area contributed by atoms with Gasteiger partial charge in [0.25, 0.3) is 5.56 Å². The molecular formula is C17H20N2O2. The Labute approximate surface area is 123 Å². The Morgan fingerprint density at radius 1 is 1.19 bits per heavy atom. The van der Waals surface area contributed by atoms with Crippen LogP contribution in [0.4, 0.5) is 5.69 Å². The molecule has 1 heterocycles. The van der Waals surface area contributed by atoms with E-state index in [1.54, 1.807) is 0 Å². The number of amides is 1. The molecule has 0 aliphatic heterocycles. The van der Waals surface area contributed by atoms with Gasteiger partial charge in [-0.1, -0.05) is 19.9 Å². The number of anilines is 1. The number of rotatable bonds is 2. The van der Waals surface area contributed by atoms with Gasteiger partial charge in [-0.15, -0.1) is 0 Å². The van der Waals surface area contributed by atoms with Crippen molar-refractivity contribution >= 4 is 22.5 Å². The Morgan fingerprint density at radius 3 is 2.62 bits per heavy atom. The predicted octanol–water partition coefficient (Wildman–Crippen LogP) is 3.00. The van der Waals surface area contributed by atoms with Gasteiger partial charge in [0.05, 0.1) is 5.52 Å². The van der Waals surface area contributed by atoms with Crippen molar-refractivity contribution in [1.29, 1.82) is 0 Å². The van der Waals surface area contributed by atoms with E-state index in [1.807, 2.05) is 32.0 Å². The lowest BCUT2D eigenvalue weighted by Gasteiger charge is -2.17. The third-order valence-electron chi connectivity index (χ3n) is 4.13. The molecule has 1 aliphatic rings. The summed E-state index contributed by atoms with van der Waals surface area (Å²) in [4.78, 5) is 26.9. The van der Waals surface area contributed by atoms with E-state index >= 15 is 0 Å². The molecule has 0 bridgehead atoms. The molecule has 2 N–H and O–H groups in total. The lowest BCUT2D eigenvalue weighted by atomic mass is 9.90. The number of pyridine rings is 1. The van der Waals surface area contributed by atoms with Crippen LogP contribution in [0.15, 0.2) is 23.0 Å². The molecule has 0 saturated heterocycles. The summed E-state index contributed by atoms with van der Waals surface area (Å²) >= 11 is 0. The van der Waals surface area contributed by atoms with Gasteiger partial charge in [-0.3, -0.25) is 9.59 Å². The van der Waals surface area contributed by atoms with Crippen molar-refractivity contribution in [3.63, 3.8) is 0 Å². The number of carbonyl (C=O) groups is 1. The summed E-state index contributed by atoms with van der Waals surface area (Å²) in [5, 5.41) is 3.98. The third-order valence-corrected chi connectivity index (χ3v) is 4.13. The minimum Gasteiger partial charge on any atom is -0.326 e. The van der Waals surface area contributed by atoms with Gasteiger partial charge in [0.1, 0.15) is 0 Å². The van der Waals surface area contributed by atoms with Gasteiger partial charge in [0.2, 0.25) is 5.91 Å². The number of H-pyrrole nitrogens is 1. The second kappa shape index (κ2) is 5.35. The Balaban J connectivity index is 2.07. The molecule has 3 rings (SSSR count). The Hall–Kier alpha value is -2.10. The Kier molecular flexibility index (Phi) is 3.53. The van der Waals surface area contributed by atoms with Crippen molar-refractivity contribution in [2.24, 2.45) is 5.92 Å².